The number of thioether (sulfide) groups is 1. The minimum absolute atomic E-state index is 0.0945. The summed E-state index contributed by atoms with van der Waals surface area (Å²) in [5, 5.41) is 15.1. The first-order valence-corrected chi connectivity index (χ1v) is 13.9. The second-order valence-corrected chi connectivity index (χ2v) is 10.8. The highest BCUT2D eigenvalue weighted by Gasteiger charge is 2.18. The highest BCUT2D eigenvalue weighted by atomic mass is 32.2. The summed E-state index contributed by atoms with van der Waals surface area (Å²) in [7, 11) is 0. The van der Waals surface area contributed by atoms with Gasteiger partial charge < -0.3 is 9.88 Å². The van der Waals surface area contributed by atoms with Gasteiger partial charge in [-0.3, -0.25) is 4.79 Å². The van der Waals surface area contributed by atoms with Crippen LogP contribution in [0.5, 0.6) is 0 Å². The Balaban J connectivity index is 1.32. The number of allylic oxidation sites excluding steroid dienone is 1. The fraction of sp³-hybridized carbons (Fsp3) is 0.462. The third kappa shape index (κ3) is 6.36. The van der Waals surface area contributed by atoms with E-state index in [-0.39, 0.29) is 11.7 Å². The van der Waals surface area contributed by atoms with Gasteiger partial charge in [-0.25, -0.2) is 4.98 Å². The lowest BCUT2D eigenvalue weighted by Gasteiger charge is -2.21. The standard InChI is InChI=1S/C26H33N5OS2/c1-4-14-31-23(13-11-20-8-6-5-7-9-20)29-30-26(31)34-17-24(32)28-25-27-22(16-33-25)21-12-10-18(2)19(3)15-21/h4,10,12,15-16,20H,1,5-9,11,13-14,17H2,2-3H3,(H,27,28,32). The number of carbonyl (C=O) groups is 1. The van der Waals surface area contributed by atoms with Crippen molar-refractivity contribution < 1.29 is 4.79 Å². The lowest BCUT2D eigenvalue weighted by molar-refractivity contribution is -0.113. The average molecular weight is 496 g/mol. The van der Waals surface area contributed by atoms with Crippen LogP contribution in [0.25, 0.3) is 11.3 Å². The SMILES string of the molecule is C=CCn1c(CCC2CCCCC2)nnc1SCC(=O)Nc1nc(-c2ccc(C)c(C)c2)cs1. The Morgan fingerprint density at radius 3 is 2.82 bits per heavy atom. The van der Waals surface area contributed by atoms with Crippen molar-refractivity contribution in [1.82, 2.24) is 19.7 Å². The Morgan fingerprint density at radius 1 is 1.24 bits per heavy atom. The van der Waals surface area contributed by atoms with Gasteiger partial charge in [0.2, 0.25) is 5.91 Å². The van der Waals surface area contributed by atoms with E-state index in [4.69, 9.17) is 0 Å². The molecule has 0 spiro atoms. The third-order valence-corrected chi connectivity index (χ3v) is 8.22. The van der Waals surface area contributed by atoms with Crippen LogP contribution >= 0.6 is 23.1 Å². The molecule has 0 unspecified atom stereocenters. The number of nitrogens with zero attached hydrogens (tertiary/aromatic N) is 4. The Kier molecular flexibility index (Phi) is 8.56. The molecular formula is C26H33N5OS2. The number of carbonyl (C=O) groups excluding carboxylic acids is 1. The van der Waals surface area contributed by atoms with E-state index >= 15 is 0 Å². The van der Waals surface area contributed by atoms with Crippen LogP contribution in [0.15, 0.2) is 41.4 Å². The summed E-state index contributed by atoms with van der Waals surface area (Å²) in [5.41, 5.74) is 4.43. The van der Waals surface area contributed by atoms with Gasteiger partial charge in [-0.1, -0.05) is 62.1 Å². The minimum atomic E-state index is -0.0945. The minimum Gasteiger partial charge on any atom is -0.302 e. The van der Waals surface area contributed by atoms with Crippen LogP contribution in [-0.4, -0.2) is 31.4 Å². The Morgan fingerprint density at radius 2 is 2.06 bits per heavy atom. The van der Waals surface area contributed by atoms with Crippen LogP contribution in [0.3, 0.4) is 0 Å². The van der Waals surface area contributed by atoms with Gasteiger partial charge in [-0.15, -0.1) is 28.1 Å². The second kappa shape index (κ2) is 11.8. The maximum absolute atomic E-state index is 12.6. The van der Waals surface area contributed by atoms with Gasteiger partial charge in [0.15, 0.2) is 10.3 Å². The maximum Gasteiger partial charge on any atom is 0.236 e. The molecule has 1 aromatic carbocycles. The first-order valence-electron chi connectivity index (χ1n) is 12.0. The van der Waals surface area contributed by atoms with Crippen LogP contribution in [0.4, 0.5) is 5.13 Å². The molecule has 34 heavy (non-hydrogen) atoms. The Labute approximate surface area is 210 Å². The van der Waals surface area contributed by atoms with Crippen molar-refractivity contribution in [1.29, 1.82) is 0 Å². The lowest BCUT2D eigenvalue weighted by Crippen LogP contribution is -2.15. The van der Waals surface area contributed by atoms with Crippen molar-refractivity contribution in [3.8, 4) is 11.3 Å². The van der Waals surface area contributed by atoms with Crippen molar-refractivity contribution in [2.75, 3.05) is 11.1 Å². The van der Waals surface area contributed by atoms with Crippen molar-refractivity contribution >= 4 is 34.1 Å². The molecule has 1 saturated carbocycles. The molecule has 2 heterocycles. The van der Waals surface area contributed by atoms with Gasteiger partial charge in [0.05, 0.1) is 11.4 Å². The molecule has 1 N–H and O–H groups in total. The number of hydrogen-bond donors (Lipinski definition) is 1. The van der Waals surface area contributed by atoms with E-state index in [1.165, 1.54) is 66.3 Å². The number of rotatable bonds is 10. The normalized spacial score (nSPS) is 14.3. The van der Waals surface area contributed by atoms with E-state index in [1.54, 1.807) is 0 Å². The number of hydrogen-bond acceptors (Lipinski definition) is 6. The highest BCUT2D eigenvalue weighted by Crippen LogP contribution is 2.29. The number of anilines is 1. The Hall–Kier alpha value is -2.45. The van der Waals surface area contributed by atoms with E-state index in [0.717, 1.165) is 41.0 Å². The van der Waals surface area contributed by atoms with Gasteiger partial charge in [0, 0.05) is 23.9 Å². The predicted octanol–water partition coefficient (Wildman–Crippen LogP) is 6.45. The molecule has 1 aliphatic rings. The summed E-state index contributed by atoms with van der Waals surface area (Å²) in [6.45, 7) is 8.73. The quantitative estimate of drug-likeness (QED) is 0.258. The third-order valence-electron chi connectivity index (χ3n) is 6.49. The van der Waals surface area contributed by atoms with Crippen molar-refractivity contribution in [3.63, 3.8) is 0 Å². The molecule has 0 atom stereocenters. The zero-order valence-corrected chi connectivity index (χ0v) is 21.7. The zero-order valence-electron chi connectivity index (χ0n) is 20.0. The summed E-state index contributed by atoms with van der Waals surface area (Å²) in [6.07, 6.45) is 10.7. The van der Waals surface area contributed by atoms with Crippen molar-refractivity contribution in [2.45, 2.75) is 70.5 Å². The molecule has 8 heteroatoms. The molecule has 1 aliphatic carbocycles. The van der Waals surface area contributed by atoms with Crippen molar-refractivity contribution in [2.24, 2.45) is 5.92 Å². The van der Waals surface area contributed by atoms with Crippen LogP contribution in [0.1, 0.15) is 55.5 Å². The molecule has 4 rings (SSSR count). The highest BCUT2D eigenvalue weighted by molar-refractivity contribution is 7.99. The smallest absolute Gasteiger partial charge is 0.236 e. The number of amides is 1. The average Bonchev–Trinajstić information content (AvgIpc) is 3.46. The number of aromatic nitrogens is 4. The molecule has 1 fully saturated rings. The monoisotopic (exact) mass is 495 g/mol. The summed E-state index contributed by atoms with van der Waals surface area (Å²) in [5.74, 6) is 1.96. The van der Waals surface area contributed by atoms with Gasteiger partial charge in [0.1, 0.15) is 5.82 Å². The van der Waals surface area contributed by atoms with Gasteiger partial charge in [0.25, 0.3) is 0 Å². The van der Waals surface area contributed by atoms with Crippen LogP contribution in [0, 0.1) is 19.8 Å². The van der Waals surface area contributed by atoms with Crippen LogP contribution in [-0.2, 0) is 17.8 Å². The number of nitrogens with one attached hydrogen (secondary N) is 1. The number of benzene rings is 1. The zero-order chi connectivity index (χ0) is 23.9. The molecule has 1 amide bonds. The van der Waals surface area contributed by atoms with Crippen molar-refractivity contribution in [3.05, 3.63) is 53.2 Å². The molecule has 0 bridgehead atoms. The van der Waals surface area contributed by atoms with E-state index in [2.05, 4.69) is 63.7 Å². The first-order chi connectivity index (χ1) is 16.5. The lowest BCUT2D eigenvalue weighted by atomic mass is 9.86. The fourth-order valence-corrected chi connectivity index (χ4v) is 5.88. The van der Waals surface area contributed by atoms with Crippen LogP contribution in [0.2, 0.25) is 0 Å². The second-order valence-electron chi connectivity index (χ2n) is 9.01. The molecule has 3 aromatic rings. The molecule has 6 nitrogen and oxygen atoms in total. The summed E-state index contributed by atoms with van der Waals surface area (Å²) in [4.78, 5) is 17.2. The van der Waals surface area contributed by atoms with E-state index in [9.17, 15) is 4.79 Å². The van der Waals surface area contributed by atoms with Crippen LogP contribution < -0.4 is 5.32 Å². The number of aryl methyl sites for hydroxylation is 3. The molecule has 2 aromatic heterocycles. The van der Waals surface area contributed by atoms with E-state index in [1.807, 2.05) is 11.5 Å². The molecule has 0 radical (unpaired) electrons. The molecule has 0 aliphatic heterocycles. The predicted molar refractivity (Wildman–Crippen MR) is 141 cm³/mol. The maximum atomic E-state index is 12.6. The van der Waals surface area contributed by atoms with Gasteiger partial charge >= 0.3 is 0 Å². The van der Waals surface area contributed by atoms with Gasteiger partial charge in [-0.05, 0) is 43.4 Å². The number of thiazole rings is 1. The van der Waals surface area contributed by atoms with Gasteiger partial charge in [-0.2, -0.15) is 0 Å². The molecular weight excluding hydrogens is 462 g/mol. The Bertz CT molecular complexity index is 1130. The summed E-state index contributed by atoms with van der Waals surface area (Å²) >= 11 is 2.85. The topological polar surface area (TPSA) is 72.7 Å². The summed E-state index contributed by atoms with van der Waals surface area (Å²) in [6, 6.07) is 6.29. The summed E-state index contributed by atoms with van der Waals surface area (Å²) < 4.78 is 2.09. The molecule has 180 valence electrons. The van der Waals surface area contributed by atoms with E-state index in [0.29, 0.717) is 11.7 Å². The largest absolute Gasteiger partial charge is 0.302 e. The fourth-order valence-electron chi connectivity index (χ4n) is 4.38. The molecule has 0 saturated heterocycles. The van der Waals surface area contributed by atoms with E-state index < -0.39 is 0 Å². The first kappa shape index (κ1) is 24.7.